The molecule has 0 amide bonds. The van der Waals surface area contributed by atoms with E-state index >= 15 is 0 Å². The van der Waals surface area contributed by atoms with Crippen LogP contribution in [0, 0.1) is 12.7 Å². The third-order valence-corrected chi connectivity index (χ3v) is 4.69. The predicted molar refractivity (Wildman–Crippen MR) is 97.8 cm³/mol. The molecule has 4 rings (SSSR count). The van der Waals surface area contributed by atoms with Gasteiger partial charge in [-0.1, -0.05) is 48.6 Å². The van der Waals surface area contributed by atoms with Gasteiger partial charge < -0.3 is 4.42 Å². The molecular weight excluding hydrogens is 329 g/mol. The summed E-state index contributed by atoms with van der Waals surface area (Å²) in [6.45, 7) is 3.39. The summed E-state index contributed by atoms with van der Waals surface area (Å²) in [4.78, 5) is 2.33. The molecule has 1 aliphatic heterocycles. The highest BCUT2D eigenvalue weighted by molar-refractivity contribution is 5.49. The molecule has 0 spiro atoms. The van der Waals surface area contributed by atoms with Crippen molar-refractivity contribution >= 4 is 6.08 Å². The Bertz CT molecular complexity index is 917. The van der Waals surface area contributed by atoms with Crippen molar-refractivity contribution in [2.45, 2.75) is 25.9 Å². The van der Waals surface area contributed by atoms with Gasteiger partial charge in [-0.2, -0.15) is 0 Å². The number of rotatable bonds is 4. The number of benzene rings is 2. The summed E-state index contributed by atoms with van der Waals surface area (Å²) in [5.74, 6) is 1.02. The van der Waals surface area contributed by atoms with Gasteiger partial charge in [0.05, 0.1) is 6.04 Å². The van der Waals surface area contributed by atoms with Crippen molar-refractivity contribution < 1.29 is 8.81 Å². The number of nitrogens with zero attached hydrogens (tertiary/aromatic N) is 3. The van der Waals surface area contributed by atoms with Crippen LogP contribution in [0.2, 0.25) is 0 Å². The third kappa shape index (κ3) is 3.58. The Morgan fingerprint density at radius 2 is 1.88 bits per heavy atom. The van der Waals surface area contributed by atoms with Crippen LogP contribution in [-0.4, -0.2) is 21.6 Å². The van der Waals surface area contributed by atoms with Gasteiger partial charge in [0, 0.05) is 20.0 Å². The highest BCUT2D eigenvalue weighted by atomic mass is 19.1. The van der Waals surface area contributed by atoms with E-state index < -0.39 is 0 Å². The molecule has 1 aliphatic rings. The first-order valence-electron chi connectivity index (χ1n) is 8.72. The average Bonchev–Trinajstić information content (AvgIpc) is 3.09. The molecule has 5 heteroatoms. The van der Waals surface area contributed by atoms with Crippen molar-refractivity contribution in [1.82, 2.24) is 15.1 Å². The Labute approximate surface area is 152 Å². The van der Waals surface area contributed by atoms with Gasteiger partial charge in [-0.05, 0) is 35.2 Å². The van der Waals surface area contributed by atoms with Gasteiger partial charge in [0.2, 0.25) is 11.8 Å². The van der Waals surface area contributed by atoms with Gasteiger partial charge in [-0.15, -0.1) is 10.2 Å². The molecule has 1 aromatic heterocycles. The molecule has 26 heavy (non-hydrogen) atoms. The second kappa shape index (κ2) is 7.22. The van der Waals surface area contributed by atoms with Crippen LogP contribution in [0.25, 0.3) is 6.08 Å². The van der Waals surface area contributed by atoms with Crippen molar-refractivity contribution in [2.75, 3.05) is 6.54 Å². The fourth-order valence-corrected chi connectivity index (χ4v) is 3.36. The first-order chi connectivity index (χ1) is 12.7. The van der Waals surface area contributed by atoms with E-state index in [0.717, 1.165) is 25.1 Å². The maximum Gasteiger partial charge on any atom is 0.233 e. The number of aryl methyl sites for hydroxylation is 1. The predicted octanol–water partition coefficient (Wildman–Crippen LogP) is 4.33. The highest BCUT2D eigenvalue weighted by Crippen LogP contribution is 2.32. The zero-order chi connectivity index (χ0) is 17.9. The fourth-order valence-electron chi connectivity index (χ4n) is 3.36. The van der Waals surface area contributed by atoms with E-state index in [1.165, 1.54) is 23.3 Å². The minimum Gasteiger partial charge on any atom is -0.424 e. The van der Waals surface area contributed by atoms with Crippen molar-refractivity contribution in [2.24, 2.45) is 0 Å². The molecule has 0 fully saturated rings. The van der Waals surface area contributed by atoms with E-state index in [9.17, 15) is 4.39 Å². The molecule has 0 saturated carbocycles. The van der Waals surface area contributed by atoms with Gasteiger partial charge in [0.1, 0.15) is 5.82 Å². The Morgan fingerprint density at radius 1 is 1.12 bits per heavy atom. The molecule has 2 heterocycles. The minimum absolute atomic E-state index is 0.0592. The molecule has 1 atom stereocenters. The molecule has 1 unspecified atom stereocenters. The Morgan fingerprint density at radius 3 is 2.62 bits per heavy atom. The molecule has 0 aliphatic carbocycles. The zero-order valence-corrected chi connectivity index (χ0v) is 14.6. The summed E-state index contributed by atoms with van der Waals surface area (Å²) in [5, 5.41) is 8.24. The van der Waals surface area contributed by atoms with Crippen molar-refractivity contribution in [3.63, 3.8) is 0 Å². The van der Waals surface area contributed by atoms with Gasteiger partial charge in [-0.25, -0.2) is 4.39 Å². The second-order valence-electron chi connectivity index (χ2n) is 6.53. The van der Waals surface area contributed by atoms with Gasteiger partial charge >= 0.3 is 0 Å². The first kappa shape index (κ1) is 16.7. The topological polar surface area (TPSA) is 42.2 Å². The first-order valence-corrected chi connectivity index (χ1v) is 8.72. The molecule has 3 aromatic rings. The van der Waals surface area contributed by atoms with E-state index in [4.69, 9.17) is 4.42 Å². The SMILES string of the molecule is Cc1nnc(C2Cc3ccccc3CN2C/C=C/c2ccc(F)cc2)o1. The Balaban J connectivity index is 1.56. The average molecular weight is 349 g/mol. The molecule has 132 valence electrons. The van der Waals surface area contributed by atoms with Crippen LogP contribution in [0.3, 0.4) is 0 Å². The lowest BCUT2D eigenvalue weighted by Gasteiger charge is -2.34. The van der Waals surface area contributed by atoms with Gasteiger partial charge in [0.25, 0.3) is 0 Å². The second-order valence-corrected chi connectivity index (χ2v) is 6.53. The van der Waals surface area contributed by atoms with Crippen molar-refractivity contribution in [1.29, 1.82) is 0 Å². The maximum absolute atomic E-state index is 13.0. The molecule has 4 nitrogen and oxygen atoms in total. The lowest BCUT2D eigenvalue weighted by Crippen LogP contribution is -2.34. The van der Waals surface area contributed by atoms with Crippen LogP contribution in [0.4, 0.5) is 4.39 Å². The van der Waals surface area contributed by atoms with Crippen LogP contribution < -0.4 is 0 Å². The summed E-state index contributed by atoms with van der Waals surface area (Å²) < 4.78 is 18.7. The smallest absolute Gasteiger partial charge is 0.233 e. The number of halogens is 1. The van der Waals surface area contributed by atoms with Crippen LogP contribution in [0.15, 0.2) is 59.0 Å². The van der Waals surface area contributed by atoms with E-state index in [1.54, 1.807) is 12.1 Å². The lowest BCUT2D eigenvalue weighted by atomic mass is 9.94. The Hall–Kier alpha value is -2.79. The van der Waals surface area contributed by atoms with Crippen molar-refractivity contribution in [3.05, 3.63) is 88.9 Å². The van der Waals surface area contributed by atoms with E-state index in [1.807, 2.05) is 13.0 Å². The van der Waals surface area contributed by atoms with Crippen LogP contribution in [0.5, 0.6) is 0 Å². The van der Waals surface area contributed by atoms with E-state index in [-0.39, 0.29) is 11.9 Å². The van der Waals surface area contributed by atoms with Gasteiger partial charge in [0.15, 0.2) is 0 Å². The van der Waals surface area contributed by atoms with E-state index in [0.29, 0.717) is 11.8 Å². The zero-order valence-electron chi connectivity index (χ0n) is 14.6. The van der Waals surface area contributed by atoms with Crippen LogP contribution in [-0.2, 0) is 13.0 Å². The number of hydrogen-bond donors (Lipinski definition) is 0. The third-order valence-electron chi connectivity index (χ3n) is 4.69. The molecular formula is C21H20FN3O. The normalized spacial score (nSPS) is 17.5. The molecule has 0 radical (unpaired) electrons. The van der Waals surface area contributed by atoms with Gasteiger partial charge in [-0.3, -0.25) is 4.90 Å². The van der Waals surface area contributed by atoms with E-state index in [2.05, 4.69) is 45.4 Å². The number of fused-ring (bicyclic) bond motifs is 1. The maximum atomic E-state index is 13.0. The minimum atomic E-state index is -0.221. The summed E-state index contributed by atoms with van der Waals surface area (Å²) in [6, 6.07) is 15.0. The molecule has 0 N–H and O–H groups in total. The molecule has 0 bridgehead atoms. The number of hydrogen-bond acceptors (Lipinski definition) is 4. The molecule has 0 saturated heterocycles. The number of aromatic nitrogens is 2. The van der Waals surface area contributed by atoms with Crippen LogP contribution in [0.1, 0.15) is 34.5 Å². The summed E-state index contributed by atoms with van der Waals surface area (Å²) >= 11 is 0. The Kier molecular flexibility index (Phi) is 4.63. The largest absolute Gasteiger partial charge is 0.424 e. The van der Waals surface area contributed by atoms with Crippen LogP contribution >= 0.6 is 0 Å². The fraction of sp³-hybridized carbons (Fsp3) is 0.238. The monoisotopic (exact) mass is 349 g/mol. The summed E-state index contributed by atoms with van der Waals surface area (Å²) in [6.07, 6.45) is 4.95. The quantitative estimate of drug-likeness (QED) is 0.703. The summed E-state index contributed by atoms with van der Waals surface area (Å²) in [5.41, 5.74) is 3.64. The standard InChI is InChI=1S/C21H20FN3O/c1-15-23-24-21(26-15)20-13-17-6-2-3-7-18(17)14-25(20)12-4-5-16-8-10-19(22)11-9-16/h2-11,20H,12-14H2,1H3/b5-4+. The highest BCUT2D eigenvalue weighted by Gasteiger charge is 2.30. The summed E-state index contributed by atoms with van der Waals surface area (Å²) in [7, 11) is 0. The lowest BCUT2D eigenvalue weighted by molar-refractivity contribution is 0.163. The van der Waals surface area contributed by atoms with Crippen molar-refractivity contribution in [3.8, 4) is 0 Å². The molecule has 2 aromatic carbocycles.